The zero-order valence-electron chi connectivity index (χ0n) is 16.8. The van der Waals surface area contributed by atoms with E-state index < -0.39 is 0 Å². The minimum atomic E-state index is -0.238. The fourth-order valence-electron chi connectivity index (χ4n) is 3.87. The second-order valence-corrected chi connectivity index (χ2v) is 7.42. The van der Waals surface area contributed by atoms with Crippen molar-refractivity contribution in [2.75, 3.05) is 68.7 Å². The number of hydrogen-bond donors (Lipinski definition) is 0. The lowest BCUT2D eigenvalue weighted by molar-refractivity contribution is 0.0740. The summed E-state index contributed by atoms with van der Waals surface area (Å²) in [6, 6.07) is 8.19. The molecule has 4 rings (SSSR count). The Morgan fingerprint density at radius 1 is 0.931 bits per heavy atom. The van der Waals surface area contributed by atoms with Crippen LogP contribution in [0.25, 0.3) is 0 Å². The second-order valence-electron chi connectivity index (χ2n) is 7.42. The smallest absolute Gasteiger partial charge is 0.272 e. The summed E-state index contributed by atoms with van der Waals surface area (Å²) in [7, 11) is 0. The van der Waals surface area contributed by atoms with Crippen LogP contribution < -0.4 is 9.80 Å². The molecule has 154 valence electrons. The van der Waals surface area contributed by atoms with E-state index in [0.717, 1.165) is 38.4 Å². The van der Waals surface area contributed by atoms with Gasteiger partial charge in [-0.1, -0.05) is 6.92 Å². The number of amides is 1. The van der Waals surface area contributed by atoms with Gasteiger partial charge < -0.3 is 19.6 Å². The van der Waals surface area contributed by atoms with Crippen LogP contribution in [0.2, 0.25) is 0 Å². The third-order valence-electron chi connectivity index (χ3n) is 5.72. The summed E-state index contributed by atoms with van der Waals surface area (Å²) in [5, 5.41) is 0. The molecule has 0 aliphatic carbocycles. The van der Waals surface area contributed by atoms with Crippen LogP contribution in [0.4, 0.5) is 16.0 Å². The summed E-state index contributed by atoms with van der Waals surface area (Å²) in [5.74, 6) is 0.342. The molecule has 0 saturated carbocycles. The normalized spacial score (nSPS) is 18.2. The van der Waals surface area contributed by atoms with Crippen molar-refractivity contribution in [1.29, 1.82) is 0 Å². The van der Waals surface area contributed by atoms with Crippen LogP contribution in [0, 0.1) is 5.82 Å². The van der Waals surface area contributed by atoms with Crippen molar-refractivity contribution in [2.45, 2.75) is 6.92 Å². The molecule has 1 aromatic heterocycles. The first-order chi connectivity index (χ1) is 14.1. The van der Waals surface area contributed by atoms with Gasteiger partial charge in [-0.25, -0.2) is 14.4 Å². The summed E-state index contributed by atoms with van der Waals surface area (Å²) in [4.78, 5) is 30.5. The van der Waals surface area contributed by atoms with E-state index in [2.05, 4.69) is 31.6 Å². The van der Waals surface area contributed by atoms with Gasteiger partial charge in [-0.15, -0.1) is 0 Å². The van der Waals surface area contributed by atoms with Crippen molar-refractivity contribution in [1.82, 2.24) is 19.8 Å². The molecule has 8 heteroatoms. The quantitative estimate of drug-likeness (QED) is 0.782. The molecule has 1 aromatic carbocycles. The largest absolute Gasteiger partial charge is 0.368 e. The maximum Gasteiger partial charge on any atom is 0.272 e. The van der Waals surface area contributed by atoms with Crippen molar-refractivity contribution in [3.8, 4) is 0 Å². The maximum absolute atomic E-state index is 13.1. The van der Waals surface area contributed by atoms with E-state index in [1.807, 2.05) is 4.90 Å². The number of aromatic nitrogens is 2. The summed E-state index contributed by atoms with van der Waals surface area (Å²) in [6.07, 6.45) is 1.68. The lowest BCUT2D eigenvalue weighted by Crippen LogP contribution is -2.49. The van der Waals surface area contributed by atoms with E-state index in [0.29, 0.717) is 37.8 Å². The molecule has 3 heterocycles. The SMILES string of the molecule is CCN1CCN(c2nccc(C(=O)N3CCN(c4ccc(F)cc4)CC3)n2)CC1. The minimum Gasteiger partial charge on any atom is -0.368 e. The van der Waals surface area contributed by atoms with Crippen molar-refractivity contribution >= 4 is 17.5 Å². The minimum absolute atomic E-state index is 0.0559. The van der Waals surface area contributed by atoms with E-state index in [-0.39, 0.29) is 11.7 Å². The number of halogens is 1. The molecule has 7 nitrogen and oxygen atoms in total. The molecule has 0 unspecified atom stereocenters. The van der Waals surface area contributed by atoms with Gasteiger partial charge in [0.25, 0.3) is 5.91 Å². The van der Waals surface area contributed by atoms with Crippen molar-refractivity contribution in [2.24, 2.45) is 0 Å². The monoisotopic (exact) mass is 398 g/mol. The van der Waals surface area contributed by atoms with Gasteiger partial charge in [-0.05, 0) is 36.9 Å². The van der Waals surface area contributed by atoms with Crippen molar-refractivity contribution < 1.29 is 9.18 Å². The molecule has 29 heavy (non-hydrogen) atoms. The Bertz CT molecular complexity index is 829. The van der Waals surface area contributed by atoms with Crippen LogP contribution in [0.1, 0.15) is 17.4 Å². The van der Waals surface area contributed by atoms with Gasteiger partial charge in [0.2, 0.25) is 5.95 Å². The average molecular weight is 398 g/mol. The highest BCUT2D eigenvalue weighted by molar-refractivity contribution is 5.92. The lowest BCUT2D eigenvalue weighted by Gasteiger charge is -2.36. The molecule has 0 spiro atoms. The second kappa shape index (κ2) is 8.73. The van der Waals surface area contributed by atoms with E-state index >= 15 is 0 Å². The molecule has 1 amide bonds. The molecule has 2 saturated heterocycles. The zero-order chi connectivity index (χ0) is 20.2. The standard InChI is InChI=1S/C21H27FN6O/c1-2-25-9-11-28(12-10-25)21-23-8-7-19(24-21)20(29)27-15-13-26(14-16-27)18-5-3-17(22)4-6-18/h3-8H,2,9-16H2,1H3. The Morgan fingerprint density at radius 2 is 1.59 bits per heavy atom. The molecule has 0 atom stereocenters. The predicted molar refractivity (Wildman–Crippen MR) is 111 cm³/mol. The topological polar surface area (TPSA) is 55.8 Å². The Balaban J connectivity index is 1.37. The molecule has 0 bridgehead atoms. The molecule has 2 aromatic rings. The molecular weight excluding hydrogens is 371 g/mol. The lowest BCUT2D eigenvalue weighted by atomic mass is 10.2. The fourth-order valence-corrected chi connectivity index (χ4v) is 3.87. The third kappa shape index (κ3) is 4.48. The van der Waals surface area contributed by atoms with Crippen molar-refractivity contribution in [3.63, 3.8) is 0 Å². The molecular formula is C21H27FN6O. The van der Waals surface area contributed by atoms with Crippen LogP contribution in [-0.4, -0.2) is 84.6 Å². The summed E-state index contributed by atoms with van der Waals surface area (Å²) in [5.41, 5.74) is 1.43. The number of anilines is 2. The predicted octanol–water partition coefficient (Wildman–Crippen LogP) is 1.72. The van der Waals surface area contributed by atoms with E-state index in [4.69, 9.17) is 0 Å². The highest BCUT2D eigenvalue weighted by Crippen LogP contribution is 2.18. The molecule has 0 radical (unpaired) electrons. The number of benzene rings is 1. The Hall–Kier alpha value is -2.74. The van der Waals surface area contributed by atoms with Crippen LogP contribution in [0.15, 0.2) is 36.5 Å². The van der Waals surface area contributed by atoms with Gasteiger partial charge in [0.15, 0.2) is 0 Å². The summed E-state index contributed by atoms with van der Waals surface area (Å²) >= 11 is 0. The number of hydrogen-bond acceptors (Lipinski definition) is 6. The fraction of sp³-hybridized carbons (Fsp3) is 0.476. The van der Waals surface area contributed by atoms with Gasteiger partial charge in [-0.2, -0.15) is 0 Å². The first-order valence-electron chi connectivity index (χ1n) is 10.2. The Labute approximate surface area is 170 Å². The van der Waals surface area contributed by atoms with E-state index in [9.17, 15) is 9.18 Å². The summed E-state index contributed by atoms with van der Waals surface area (Å²) < 4.78 is 13.1. The van der Waals surface area contributed by atoms with Crippen LogP contribution in [0.3, 0.4) is 0 Å². The Morgan fingerprint density at radius 3 is 2.24 bits per heavy atom. The van der Waals surface area contributed by atoms with Crippen molar-refractivity contribution in [3.05, 3.63) is 48.0 Å². The molecule has 0 N–H and O–H groups in total. The average Bonchev–Trinajstić information content (AvgIpc) is 2.79. The molecule has 2 fully saturated rings. The summed E-state index contributed by atoms with van der Waals surface area (Å²) in [6.45, 7) is 9.62. The van der Waals surface area contributed by atoms with Gasteiger partial charge in [0.1, 0.15) is 11.5 Å². The van der Waals surface area contributed by atoms with Gasteiger partial charge in [0, 0.05) is 64.2 Å². The van der Waals surface area contributed by atoms with E-state index in [1.165, 1.54) is 12.1 Å². The maximum atomic E-state index is 13.1. The number of likely N-dealkylation sites (N-methyl/N-ethyl adjacent to an activating group) is 1. The van der Waals surface area contributed by atoms with E-state index in [1.54, 1.807) is 24.4 Å². The number of rotatable bonds is 4. The number of nitrogens with zero attached hydrogens (tertiary/aromatic N) is 6. The number of carbonyl (C=O) groups excluding carboxylic acids is 1. The number of carbonyl (C=O) groups is 1. The first kappa shape index (κ1) is 19.6. The highest BCUT2D eigenvalue weighted by atomic mass is 19.1. The molecule has 2 aliphatic rings. The van der Waals surface area contributed by atoms with Crippen LogP contribution in [-0.2, 0) is 0 Å². The van der Waals surface area contributed by atoms with Gasteiger partial charge in [-0.3, -0.25) is 4.79 Å². The molecule has 2 aliphatic heterocycles. The zero-order valence-corrected chi connectivity index (χ0v) is 16.8. The van der Waals surface area contributed by atoms with Gasteiger partial charge >= 0.3 is 0 Å². The first-order valence-corrected chi connectivity index (χ1v) is 10.2. The Kier molecular flexibility index (Phi) is 5.89. The van der Waals surface area contributed by atoms with Crippen LogP contribution in [0.5, 0.6) is 0 Å². The van der Waals surface area contributed by atoms with Crippen LogP contribution >= 0.6 is 0 Å². The highest BCUT2D eigenvalue weighted by Gasteiger charge is 2.25. The number of piperazine rings is 2. The third-order valence-corrected chi connectivity index (χ3v) is 5.72. The van der Waals surface area contributed by atoms with Gasteiger partial charge in [0.05, 0.1) is 0 Å².